The van der Waals surface area contributed by atoms with Gasteiger partial charge in [0.2, 0.25) is 11.8 Å². The highest BCUT2D eigenvalue weighted by molar-refractivity contribution is 6.07. The second-order valence-corrected chi connectivity index (χ2v) is 4.91. The Balaban J connectivity index is 2.50. The van der Waals surface area contributed by atoms with Gasteiger partial charge in [0.1, 0.15) is 5.41 Å². The molecule has 0 aromatic rings. The van der Waals surface area contributed by atoms with Crippen molar-refractivity contribution in [3.8, 4) is 0 Å². The summed E-state index contributed by atoms with van der Waals surface area (Å²) < 4.78 is 0. The minimum atomic E-state index is -0.888. The number of nitrogens with two attached hydrogens (primary N) is 2. The van der Waals surface area contributed by atoms with E-state index in [9.17, 15) is 9.59 Å². The fourth-order valence-corrected chi connectivity index (χ4v) is 2.37. The molecule has 0 unspecified atom stereocenters. The Bertz CT molecular complexity index is 361. The fraction of sp³-hybridized carbons (Fsp3) is 0.727. The number of nitrogens with zero attached hydrogens (tertiary/aromatic N) is 1. The summed E-state index contributed by atoms with van der Waals surface area (Å²) in [6.07, 6.45) is 1.87. The van der Waals surface area contributed by atoms with Gasteiger partial charge in [-0.2, -0.15) is 0 Å². The zero-order valence-electron chi connectivity index (χ0n) is 10.5. The van der Waals surface area contributed by atoms with Crippen LogP contribution in [0.4, 0.5) is 0 Å². The molecule has 102 valence electrons. The largest absolute Gasteiger partial charge is 0.409 e. The van der Waals surface area contributed by atoms with Crippen molar-refractivity contribution in [1.29, 1.82) is 0 Å². The molecule has 0 radical (unpaired) electrons. The Morgan fingerprint density at radius 2 is 2.06 bits per heavy atom. The maximum Gasteiger partial charge on any atom is 0.233 e. The Labute approximate surface area is 106 Å². The number of carbonyl (C=O) groups excluding carboxylic acids is 2. The molecular formula is C11H20N4O3. The molecule has 18 heavy (non-hydrogen) atoms. The van der Waals surface area contributed by atoms with Gasteiger partial charge in [-0.3, -0.25) is 9.59 Å². The number of amides is 2. The van der Waals surface area contributed by atoms with Crippen molar-refractivity contribution in [2.24, 2.45) is 28.0 Å². The van der Waals surface area contributed by atoms with Crippen LogP contribution < -0.4 is 16.8 Å². The van der Waals surface area contributed by atoms with Gasteiger partial charge in [0.05, 0.1) is 0 Å². The van der Waals surface area contributed by atoms with Crippen LogP contribution in [0.2, 0.25) is 0 Å². The van der Waals surface area contributed by atoms with E-state index in [1.54, 1.807) is 0 Å². The number of nitrogens with one attached hydrogen (secondary N) is 1. The van der Waals surface area contributed by atoms with Gasteiger partial charge < -0.3 is 22.0 Å². The van der Waals surface area contributed by atoms with Gasteiger partial charge in [-0.1, -0.05) is 12.1 Å². The lowest BCUT2D eigenvalue weighted by Gasteiger charge is -2.43. The Hall–Kier alpha value is -1.79. The van der Waals surface area contributed by atoms with Gasteiger partial charge in [0.15, 0.2) is 5.84 Å². The van der Waals surface area contributed by atoms with E-state index in [0.29, 0.717) is 31.7 Å². The minimum Gasteiger partial charge on any atom is -0.409 e. The lowest BCUT2D eigenvalue weighted by molar-refractivity contribution is -0.133. The van der Waals surface area contributed by atoms with Crippen LogP contribution in [0.25, 0.3) is 0 Å². The summed E-state index contributed by atoms with van der Waals surface area (Å²) >= 11 is 0. The highest BCUT2D eigenvalue weighted by atomic mass is 16.4. The molecule has 0 aliphatic heterocycles. The van der Waals surface area contributed by atoms with E-state index in [0.717, 1.165) is 0 Å². The van der Waals surface area contributed by atoms with Gasteiger partial charge in [-0.05, 0) is 25.2 Å². The van der Waals surface area contributed by atoms with E-state index >= 15 is 0 Å². The van der Waals surface area contributed by atoms with E-state index in [2.05, 4.69) is 10.5 Å². The van der Waals surface area contributed by atoms with Crippen molar-refractivity contribution in [1.82, 2.24) is 5.32 Å². The number of rotatable bonds is 6. The van der Waals surface area contributed by atoms with Crippen LogP contribution in [0.1, 0.15) is 32.6 Å². The van der Waals surface area contributed by atoms with E-state index < -0.39 is 11.3 Å². The molecule has 7 nitrogen and oxygen atoms in total. The highest BCUT2D eigenvalue weighted by Crippen LogP contribution is 2.45. The van der Waals surface area contributed by atoms with Gasteiger partial charge >= 0.3 is 0 Å². The molecule has 0 saturated heterocycles. The topological polar surface area (TPSA) is 131 Å². The predicted octanol–water partition coefficient (Wildman–Crippen LogP) is -0.469. The third-order valence-electron chi connectivity index (χ3n) is 3.31. The lowest BCUT2D eigenvalue weighted by Crippen LogP contribution is -2.56. The van der Waals surface area contributed by atoms with Gasteiger partial charge in [-0.15, -0.1) is 0 Å². The monoisotopic (exact) mass is 256 g/mol. The van der Waals surface area contributed by atoms with Crippen LogP contribution in [0.15, 0.2) is 5.16 Å². The number of carbonyl (C=O) groups is 2. The third-order valence-corrected chi connectivity index (χ3v) is 3.31. The number of hydrogen-bond acceptors (Lipinski definition) is 4. The van der Waals surface area contributed by atoms with Crippen LogP contribution in [0, 0.1) is 11.3 Å². The van der Waals surface area contributed by atoms with Gasteiger partial charge in [-0.25, -0.2) is 0 Å². The van der Waals surface area contributed by atoms with Crippen molar-refractivity contribution in [3.05, 3.63) is 0 Å². The maximum absolute atomic E-state index is 12.0. The first-order valence-corrected chi connectivity index (χ1v) is 5.97. The number of amidine groups is 1. The normalized spacial score (nSPS) is 27.4. The van der Waals surface area contributed by atoms with Crippen LogP contribution in [0.5, 0.6) is 0 Å². The molecule has 0 aromatic carbocycles. The molecule has 0 aromatic heterocycles. The van der Waals surface area contributed by atoms with Crippen LogP contribution in [-0.4, -0.2) is 29.4 Å². The lowest BCUT2D eigenvalue weighted by atomic mass is 9.61. The average Bonchev–Trinajstić information content (AvgIpc) is 2.28. The quantitative estimate of drug-likeness (QED) is 0.168. The Morgan fingerprint density at radius 3 is 2.50 bits per heavy atom. The first-order valence-electron chi connectivity index (χ1n) is 5.97. The summed E-state index contributed by atoms with van der Waals surface area (Å²) in [6.45, 7) is 2.36. The number of hydrogen-bond donors (Lipinski definition) is 4. The van der Waals surface area contributed by atoms with Crippen molar-refractivity contribution in [2.75, 3.05) is 6.54 Å². The van der Waals surface area contributed by atoms with E-state index in [1.165, 1.54) is 0 Å². The number of oxime groups is 1. The number of primary amides is 1. The molecule has 7 heteroatoms. The zero-order valence-corrected chi connectivity index (χ0v) is 10.5. The molecule has 2 amide bonds. The summed E-state index contributed by atoms with van der Waals surface area (Å²) in [5, 5.41) is 14.4. The van der Waals surface area contributed by atoms with Crippen molar-refractivity contribution < 1.29 is 14.8 Å². The highest BCUT2D eigenvalue weighted by Gasteiger charge is 2.51. The molecule has 1 rings (SSSR count). The van der Waals surface area contributed by atoms with Crippen LogP contribution in [-0.2, 0) is 9.59 Å². The fourth-order valence-electron chi connectivity index (χ4n) is 2.37. The molecule has 1 aliphatic rings. The molecular weight excluding hydrogens is 236 g/mol. The van der Waals surface area contributed by atoms with Crippen molar-refractivity contribution >= 4 is 17.6 Å². The Morgan fingerprint density at radius 1 is 1.44 bits per heavy atom. The molecule has 0 bridgehead atoms. The predicted molar refractivity (Wildman–Crippen MR) is 65.7 cm³/mol. The molecule has 0 atom stereocenters. The summed E-state index contributed by atoms with van der Waals surface area (Å²) in [7, 11) is 0. The second-order valence-electron chi connectivity index (χ2n) is 4.91. The summed E-state index contributed by atoms with van der Waals surface area (Å²) in [6, 6.07) is 0. The third kappa shape index (κ3) is 2.91. The first kappa shape index (κ1) is 14.3. The van der Waals surface area contributed by atoms with E-state index in [-0.39, 0.29) is 18.2 Å². The van der Waals surface area contributed by atoms with Gasteiger partial charge in [0.25, 0.3) is 0 Å². The molecule has 6 N–H and O–H groups in total. The molecule has 1 aliphatic carbocycles. The van der Waals surface area contributed by atoms with Crippen molar-refractivity contribution in [3.63, 3.8) is 0 Å². The smallest absolute Gasteiger partial charge is 0.233 e. The molecule has 0 heterocycles. The summed E-state index contributed by atoms with van der Waals surface area (Å²) in [5.41, 5.74) is 9.70. The van der Waals surface area contributed by atoms with Crippen molar-refractivity contribution in [2.45, 2.75) is 32.6 Å². The standard InChI is InChI=1S/C11H20N4O3/c1-7-5-11(6-7,9(13)15-18)10(17)14-4-2-3-8(12)16/h7,18H,2-6H2,1H3,(H2,12,16)(H2,13,15)(H,14,17). The molecule has 1 fully saturated rings. The van der Waals surface area contributed by atoms with Gasteiger partial charge in [0, 0.05) is 13.0 Å². The van der Waals surface area contributed by atoms with Crippen LogP contribution >= 0.6 is 0 Å². The second kappa shape index (κ2) is 5.70. The first-order chi connectivity index (χ1) is 8.42. The minimum absolute atomic E-state index is 0.0481. The SMILES string of the molecule is CC1CC(C(=O)NCCCC(N)=O)(C(N)=NO)C1. The average molecular weight is 256 g/mol. The summed E-state index contributed by atoms with van der Waals surface area (Å²) in [4.78, 5) is 22.6. The zero-order chi connectivity index (χ0) is 13.8. The van der Waals surface area contributed by atoms with E-state index in [4.69, 9.17) is 16.7 Å². The summed E-state index contributed by atoms with van der Waals surface area (Å²) in [5.74, 6) is -0.317. The Kier molecular flexibility index (Phi) is 4.52. The molecule has 0 spiro atoms. The van der Waals surface area contributed by atoms with E-state index in [1.807, 2.05) is 6.92 Å². The van der Waals surface area contributed by atoms with Crippen LogP contribution in [0.3, 0.4) is 0 Å². The molecule has 1 saturated carbocycles. The maximum atomic E-state index is 12.0.